The molecule has 0 aliphatic heterocycles. The van der Waals surface area contributed by atoms with Crippen LogP contribution in [0.15, 0.2) is 10.5 Å². The van der Waals surface area contributed by atoms with E-state index < -0.39 is 5.97 Å². The number of hydrogen-bond acceptors (Lipinski definition) is 3. The van der Waals surface area contributed by atoms with Gasteiger partial charge in [0.2, 0.25) is 0 Å². The second-order valence-corrected chi connectivity index (χ2v) is 6.90. The van der Waals surface area contributed by atoms with Gasteiger partial charge in [-0.2, -0.15) is 0 Å². The smallest absolute Gasteiger partial charge is 0.339 e. The molecule has 21 heavy (non-hydrogen) atoms. The lowest BCUT2D eigenvalue weighted by molar-refractivity contribution is 0.0695. The predicted molar refractivity (Wildman–Crippen MR) is 82.5 cm³/mol. The maximum atomic E-state index is 11.0. The van der Waals surface area contributed by atoms with E-state index in [9.17, 15) is 4.79 Å². The van der Waals surface area contributed by atoms with E-state index in [1.54, 1.807) is 13.0 Å². The van der Waals surface area contributed by atoms with Crippen LogP contribution >= 0.6 is 0 Å². The Balaban J connectivity index is 1.90. The largest absolute Gasteiger partial charge is 0.478 e. The topological polar surface area (TPSA) is 62.5 Å². The van der Waals surface area contributed by atoms with Crippen molar-refractivity contribution in [3.8, 4) is 0 Å². The van der Waals surface area contributed by atoms with Gasteiger partial charge in [-0.1, -0.05) is 26.7 Å². The number of furan rings is 1. The number of aromatic carboxylic acids is 1. The molecule has 4 nitrogen and oxygen atoms in total. The highest BCUT2D eigenvalue weighted by Gasteiger charge is 2.33. The molecule has 1 aliphatic carbocycles. The number of hydrogen-bond donors (Lipinski definition) is 2. The zero-order valence-electron chi connectivity index (χ0n) is 13.4. The summed E-state index contributed by atoms with van der Waals surface area (Å²) >= 11 is 0. The van der Waals surface area contributed by atoms with Crippen LogP contribution in [-0.2, 0) is 6.54 Å². The third-order valence-electron chi connectivity index (χ3n) is 4.50. The molecule has 0 unspecified atom stereocenters. The van der Waals surface area contributed by atoms with Crippen molar-refractivity contribution in [2.45, 2.75) is 59.4 Å². The monoisotopic (exact) mass is 293 g/mol. The molecule has 0 saturated heterocycles. The van der Waals surface area contributed by atoms with Crippen molar-refractivity contribution in [2.75, 3.05) is 6.54 Å². The second kappa shape index (κ2) is 6.65. The molecule has 1 aliphatic rings. The fourth-order valence-electron chi connectivity index (χ4n) is 3.74. The van der Waals surface area contributed by atoms with Gasteiger partial charge in [0.1, 0.15) is 17.1 Å². The Morgan fingerprint density at radius 1 is 1.43 bits per heavy atom. The first kappa shape index (κ1) is 16.1. The minimum Gasteiger partial charge on any atom is -0.478 e. The Labute approximate surface area is 126 Å². The number of carboxylic acids is 1. The van der Waals surface area contributed by atoms with Crippen LogP contribution in [0.5, 0.6) is 0 Å². The lowest BCUT2D eigenvalue weighted by Gasteiger charge is -2.31. The highest BCUT2D eigenvalue weighted by molar-refractivity contribution is 5.88. The third-order valence-corrected chi connectivity index (χ3v) is 4.50. The van der Waals surface area contributed by atoms with Crippen LogP contribution in [0.1, 0.15) is 67.8 Å². The first-order valence-electron chi connectivity index (χ1n) is 7.95. The number of carbonyl (C=O) groups is 1. The van der Waals surface area contributed by atoms with Crippen molar-refractivity contribution in [3.05, 3.63) is 23.2 Å². The van der Waals surface area contributed by atoms with Gasteiger partial charge in [-0.15, -0.1) is 0 Å². The molecule has 0 bridgehead atoms. The van der Waals surface area contributed by atoms with Crippen LogP contribution in [-0.4, -0.2) is 17.6 Å². The lowest BCUT2D eigenvalue weighted by atomic mass is 9.78. The van der Waals surface area contributed by atoms with Crippen molar-refractivity contribution in [3.63, 3.8) is 0 Å². The standard InChI is InChI=1S/C17H27NO3/c1-12(2)9-17(6-4-5-7-17)11-18-10-14-8-15(16(19)20)13(3)21-14/h8,12,18H,4-7,9-11H2,1-3H3,(H,19,20). The van der Waals surface area contributed by atoms with Crippen molar-refractivity contribution < 1.29 is 14.3 Å². The van der Waals surface area contributed by atoms with Gasteiger partial charge in [-0.05, 0) is 43.6 Å². The van der Waals surface area contributed by atoms with Crippen LogP contribution in [0.25, 0.3) is 0 Å². The van der Waals surface area contributed by atoms with Crippen molar-refractivity contribution in [1.29, 1.82) is 0 Å². The summed E-state index contributed by atoms with van der Waals surface area (Å²) in [5.41, 5.74) is 0.690. The molecule has 1 fully saturated rings. The van der Waals surface area contributed by atoms with Crippen LogP contribution in [0.4, 0.5) is 0 Å². The zero-order chi connectivity index (χ0) is 15.5. The number of aryl methyl sites for hydroxylation is 1. The Hall–Kier alpha value is -1.29. The molecule has 1 heterocycles. The van der Waals surface area contributed by atoms with Gasteiger partial charge < -0.3 is 14.8 Å². The molecular formula is C17H27NO3. The number of carboxylic acid groups (broad SMARTS) is 1. The van der Waals surface area contributed by atoms with Crippen molar-refractivity contribution in [2.24, 2.45) is 11.3 Å². The first-order chi connectivity index (χ1) is 9.92. The summed E-state index contributed by atoms with van der Waals surface area (Å²) in [6.45, 7) is 7.87. The third kappa shape index (κ3) is 4.10. The summed E-state index contributed by atoms with van der Waals surface area (Å²) in [5.74, 6) is 0.989. The molecule has 2 rings (SSSR count). The normalized spacial score (nSPS) is 17.5. The highest BCUT2D eigenvalue weighted by Crippen LogP contribution is 2.42. The summed E-state index contributed by atoms with van der Waals surface area (Å²) < 4.78 is 5.51. The van der Waals surface area contributed by atoms with Gasteiger partial charge in [0.25, 0.3) is 0 Å². The summed E-state index contributed by atoms with van der Waals surface area (Å²) in [4.78, 5) is 11.0. The van der Waals surface area contributed by atoms with Gasteiger partial charge in [-0.25, -0.2) is 4.79 Å². The van der Waals surface area contributed by atoms with E-state index in [0.717, 1.165) is 12.5 Å². The SMILES string of the molecule is Cc1oc(CNCC2(CC(C)C)CCCC2)cc1C(=O)O. The Morgan fingerprint density at radius 2 is 2.10 bits per heavy atom. The molecule has 0 aromatic carbocycles. The quantitative estimate of drug-likeness (QED) is 0.798. The summed E-state index contributed by atoms with van der Waals surface area (Å²) in [7, 11) is 0. The average Bonchev–Trinajstić information content (AvgIpc) is 2.96. The zero-order valence-corrected chi connectivity index (χ0v) is 13.4. The molecule has 0 atom stereocenters. The van der Waals surface area contributed by atoms with Gasteiger partial charge >= 0.3 is 5.97 Å². The average molecular weight is 293 g/mol. The Kier molecular flexibility index (Phi) is 5.09. The molecule has 118 valence electrons. The molecule has 0 amide bonds. The summed E-state index contributed by atoms with van der Waals surface area (Å²) in [6.07, 6.45) is 6.53. The Bertz CT molecular complexity index is 484. The summed E-state index contributed by atoms with van der Waals surface area (Å²) in [6, 6.07) is 1.63. The van der Waals surface area contributed by atoms with Crippen LogP contribution in [0.2, 0.25) is 0 Å². The summed E-state index contributed by atoms with van der Waals surface area (Å²) in [5, 5.41) is 12.5. The number of rotatable bonds is 7. The van der Waals surface area contributed by atoms with Crippen molar-refractivity contribution >= 4 is 5.97 Å². The van der Waals surface area contributed by atoms with Crippen LogP contribution in [0, 0.1) is 18.3 Å². The van der Waals surface area contributed by atoms with E-state index in [1.807, 2.05) is 0 Å². The molecule has 1 aromatic rings. The second-order valence-electron chi connectivity index (χ2n) is 6.90. The minimum absolute atomic E-state index is 0.268. The fraction of sp³-hybridized carbons (Fsp3) is 0.706. The lowest BCUT2D eigenvalue weighted by Crippen LogP contribution is -2.33. The van der Waals surface area contributed by atoms with E-state index >= 15 is 0 Å². The molecule has 0 spiro atoms. The van der Waals surface area contributed by atoms with E-state index in [1.165, 1.54) is 32.1 Å². The molecular weight excluding hydrogens is 266 g/mol. The van der Waals surface area contributed by atoms with Crippen molar-refractivity contribution in [1.82, 2.24) is 5.32 Å². The van der Waals surface area contributed by atoms with Crippen LogP contribution in [0.3, 0.4) is 0 Å². The van der Waals surface area contributed by atoms with Gasteiger partial charge in [0, 0.05) is 6.54 Å². The van der Waals surface area contributed by atoms with E-state index in [2.05, 4.69) is 19.2 Å². The van der Waals surface area contributed by atoms with E-state index in [4.69, 9.17) is 9.52 Å². The fourth-order valence-corrected chi connectivity index (χ4v) is 3.74. The minimum atomic E-state index is -0.922. The van der Waals surface area contributed by atoms with Gasteiger partial charge in [0.15, 0.2) is 0 Å². The highest BCUT2D eigenvalue weighted by atomic mass is 16.4. The molecule has 0 radical (unpaired) electrons. The molecule has 1 saturated carbocycles. The van der Waals surface area contributed by atoms with Crippen LogP contribution < -0.4 is 5.32 Å². The maximum Gasteiger partial charge on any atom is 0.339 e. The van der Waals surface area contributed by atoms with E-state index in [0.29, 0.717) is 23.5 Å². The van der Waals surface area contributed by atoms with E-state index in [-0.39, 0.29) is 5.56 Å². The maximum absolute atomic E-state index is 11.0. The predicted octanol–water partition coefficient (Wildman–Crippen LogP) is 3.98. The van der Waals surface area contributed by atoms with Gasteiger partial charge in [0.05, 0.1) is 6.54 Å². The molecule has 1 aromatic heterocycles. The van der Waals surface area contributed by atoms with Gasteiger partial charge in [-0.3, -0.25) is 0 Å². The molecule has 2 N–H and O–H groups in total. The number of nitrogens with one attached hydrogen (secondary N) is 1. The molecule has 4 heteroatoms. The Morgan fingerprint density at radius 3 is 2.62 bits per heavy atom. The first-order valence-corrected chi connectivity index (χ1v) is 7.95.